The minimum Gasteiger partial charge on any atom is -0.380 e. The van der Waals surface area contributed by atoms with Crippen molar-refractivity contribution >= 4 is 26.0 Å². The highest BCUT2D eigenvalue weighted by Crippen LogP contribution is 2.28. The van der Waals surface area contributed by atoms with E-state index in [2.05, 4.69) is 21.2 Å². The van der Waals surface area contributed by atoms with Crippen molar-refractivity contribution in [2.75, 3.05) is 27.2 Å². The van der Waals surface area contributed by atoms with E-state index in [1.165, 1.54) is 4.31 Å². The molecule has 0 aromatic heterocycles. The maximum Gasteiger partial charge on any atom is 0.244 e. The summed E-state index contributed by atoms with van der Waals surface area (Å²) in [6, 6.07) is 5.43. The van der Waals surface area contributed by atoms with Crippen molar-refractivity contribution in [2.24, 2.45) is 0 Å². The molecule has 0 amide bonds. The van der Waals surface area contributed by atoms with Gasteiger partial charge in [-0.05, 0) is 53.5 Å². The third-order valence-electron chi connectivity index (χ3n) is 3.67. The molecular weight excluding hydrogens is 356 g/mol. The van der Waals surface area contributed by atoms with Gasteiger partial charge in [0.05, 0.1) is 11.0 Å². The molecule has 0 bridgehead atoms. The van der Waals surface area contributed by atoms with Crippen LogP contribution in [0, 0.1) is 0 Å². The minimum absolute atomic E-state index is 0.0206. The fraction of sp³-hybridized carbons (Fsp3) is 0.571. The van der Waals surface area contributed by atoms with Gasteiger partial charge in [-0.25, -0.2) is 8.42 Å². The van der Waals surface area contributed by atoms with Crippen LogP contribution in [0.3, 0.4) is 0 Å². The van der Waals surface area contributed by atoms with Crippen molar-refractivity contribution in [2.45, 2.75) is 30.4 Å². The monoisotopic (exact) mass is 376 g/mol. The molecule has 1 aliphatic rings. The summed E-state index contributed by atoms with van der Waals surface area (Å²) in [5.74, 6) is 0. The van der Waals surface area contributed by atoms with Crippen molar-refractivity contribution in [1.82, 2.24) is 9.62 Å². The summed E-state index contributed by atoms with van der Waals surface area (Å²) in [6.07, 6.45) is 1.71. The Kier molecular flexibility index (Phi) is 5.79. The lowest BCUT2D eigenvalue weighted by atomic mass is 10.1. The summed E-state index contributed by atoms with van der Waals surface area (Å²) in [5, 5.41) is 3.03. The summed E-state index contributed by atoms with van der Waals surface area (Å²) < 4.78 is 33.1. The second kappa shape index (κ2) is 7.19. The number of halogens is 1. The van der Waals surface area contributed by atoms with Gasteiger partial charge in [0.1, 0.15) is 0 Å². The van der Waals surface area contributed by atoms with E-state index in [0.717, 1.165) is 18.4 Å². The number of rotatable bonds is 5. The summed E-state index contributed by atoms with van der Waals surface area (Å²) in [7, 11) is -0.0313. The molecule has 118 valence electrons. The first-order valence-corrected chi connectivity index (χ1v) is 9.18. The first-order chi connectivity index (χ1) is 9.98. The van der Waals surface area contributed by atoms with E-state index in [-0.39, 0.29) is 6.10 Å². The lowest BCUT2D eigenvalue weighted by Crippen LogP contribution is -2.42. The zero-order chi connectivity index (χ0) is 15.5. The van der Waals surface area contributed by atoms with Crippen LogP contribution in [0.4, 0.5) is 0 Å². The van der Waals surface area contributed by atoms with Gasteiger partial charge in [-0.1, -0.05) is 6.07 Å². The molecule has 1 aromatic carbocycles. The zero-order valence-electron chi connectivity index (χ0n) is 12.3. The Bertz CT molecular complexity index is 592. The van der Waals surface area contributed by atoms with Gasteiger partial charge in [-0.3, -0.25) is 0 Å². The van der Waals surface area contributed by atoms with Crippen LogP contribution in [-0.4, -0.2) is 46.1 Å². The third kappa shape index (κ3) is 3.84. The molecule has 1 fully saturated rings. The lowest BCUT2D eigenvalue weighted by Gasteiger charge is -2.31. The molecule has 0 spiro atoms. The summed E-state index contributed by atoms with van der Waals surface area (Å²) >= 11 is 3.36. The van der Waals surface area contributed by atoms with Crippen LogP contribution in [0.15, 0.2) is 27.6 Å². The Morgan fingerprint density at radius 2 is 2.24 bits per heavy atom. The number of hydrogen-bond acceptors (Lipinski definition) is 4. The van der Waals surface area contributed by atoms with Crippen molar-refractivity contribution in [3.8, 4) is 0 Å². The Morgan fingerprint density at radius 1 is 1.48 bits per heavy atom. The molecular formula is C14H21BrN2O3S. The normalized spacial score (nSPS) is 20.6. The number of ether oxygens (including phenoxy) is 1. The molecule has 5 nitrogen and oxygen atoms in total. The highest BCUT2D eigenvalue weighted by molar-refractivity contribution is 9.10. The highest BCUT2D eigenvalue weighted by atomic mass is 79.9. The second-order valence-corrected chi connectivity index (χ2v) is 7.92. The maximum absolute atomic E-state index is 12.8. The summed E-state index contributed by atoms with van der Waals surface area (Å²) in [4.78, 5) is 0.326. The minimum atomic E-state index is -3.50. The predicted molar refractivity (Wildman–Crippen MR) is 85.7 cm³/mol. The van der Waals surface area contributed by atoms with Crippen molar-refractivity contribution in [3.63, 3.8) is 0 Å². The van der Waals surface area contributed by atoms with Crippen molar-refractivity contribution < 1.29 is 13.2 Å². The molecule has 7 heteroatoms. The van der Waals surface area contributed by atoms with Gasteiger partial charge >= 0.3 is 0 Å². The number of piperidine rings is 1. The predicted octanol–water partition coefficient (Wildman–Crippen LogP) is 1.97. The SMILES string of the molecule is CNCc1ccc(Br)c(S(=O)(=O)N2CCCC(OC)C2)c1. The average Bonchev–Trinajstić information content (AvgIpc) is 2.49. The molecule has 1 unspecified atom stereocenters. The van der Waals surface area contributed by atoms with Gasteiger partial charge in [0.15, 0.2) is 0 Å². The van der Waals surface area contributed by atoms with Crippen LogP contribution >= 0.6 is 15.9 Å². The fourth-order valence-electron chi connectivity index (χ4n) is 2.51. The number of benzene rings is 1. The van der Waals surface area contributed by atoms with Gasteiger partial charge in [-0.2, -0.15) is 4.31 Å². The van der Waals surface area contributed by atoms with Crippen LogP contribution in [0.2, 0.25) is 0 Å². The molecule has 1 heterocycles. The highest BCUT2D eigenvalue weighted by Gasteiger charge is 2.31. The Labute approximate surface area is 134 Å². The number of methoxy groups -OCH3 is 1. The van der Waals surface area contributed by atoms with Gasteiger partial charge in [-0.15, -0.1) is 0 Å². The number of nitrogens with zero attached hydrogens (tertiary/aromatic N) is 1. The number of nitrogens with one attached hydrogen (secondary N) is 1. The van der Waals surface area contributed by atoms with E-state index < -0.39 is 10.0 Å². The van der Waals surface area contributed by atoms with Crippen LogP contribution in [0.5, 0.6) is 0 Å². The Hall–Kier alpha value is -0.470. The summed E-state index contributed by atoms with van der Waals surface area (Å²) in [6.45, 7) is 1.60. The van der Waals surface area contributed by atoms with Crippen LogP contribution in [0.25, 0.3) is 0 Å². The molecule has 2 rings (SSSR count). The standard InChI is InChI=1S/C14H21BrN2O3S/c1-16-9-11-5-6-13(15)14(8-11)21(18,19)17-7-3-4-12(10-17)20-2/h5-6,8,12,16H,3-4,7,9-10H2,1-2H3. The molecule has 1 N–H and O–H groups in total. The van der Waals surface area contributed by atoms with Gasteiger partial charge in [0.2, 0.25) is 10.0 Å². The molecule has 1 aliphatic heterocycles. The van der Waals surface area contributed by atoms with Crippen LogP contribution in [-0.2, 0) is 21.3 Å². The van der Waals surface area contributed by atoms with Crippen LogP contribution < -0.4 is 5.32 Å². The fourth-order valence-corrected chi connectivity index (χ4v) is 5.00. The van der Waals surface area contributed by atoms with Crippen LogP contribution in [0.1, 0.15) is 18.4 Å². The first-order valence-electron chi connectivity index (χ1n) is 6.95. The number of hydrogen-bond donors (Lipinski definition) is 1. The van der Waals surface area contributed by atoms with Gasteiger partial charge in [0.25, 0.3) is 0 Å². The molecule has 1 aromatic rings. The quantitative estimate of drug-likeness (QED) is 0.853. The zero-order valence-corrected chi connectivity index (χ0v) is 14.7. The van der Waals surface area contributed by atoms with E-state index in [1.807, 2.05) is 13.1 Å². The van der Waals surface area contributed by atoms with E-state index in [0.29, 0.717) is 29.0 Å². The van der Waals surface area contributed by atoms with Crippen molar-refractivity contribution in [1.29, 1.82) is 0 Å². The van der Waals surface area contributed by atoms with Gasteiger partial charge < -0.3 is 10.1 Å². The Balaban J connectivity index is 2.32. The third-order valence-corrected chi connectivity index (χ3v) is 6.53. The molecule has 0 aliphatic carbocycles. The molecule has 1 atom stereocenters. The first kappa shape index (κ1) is 16.9. The second-order valence-electron chi connectivity index (χ2n) is 5.16. The summed E-state index contributed by atoms with van der Waals surface area (Å²) in [5.41, 5.74) is 0.944. The average molecular weight is 377 g/mol. The molecule has 21 heavy (non-hydrogen) atoms. The lowest BCUT2D eigenvalue weighted by molar-refractivity contribution is 0.0571. The largest absolute Gasteiger partial charge is 0.380 e. The van der Waals surface area contributed by atoms with E-state index in [9.17, 15) is 8.42 Å². The van der Waals surface area contributed by atoms with Crippen molar-refractivity contribution in [3.05, 3.63) is 28.2 Å². The molecule has 0 saturated carbocycles. The number of sulfonamides is 1. The molecule has 1 saturated heterocycles. The maximum atomic E-state index is 12.8. The van der Waals surface area contributed by atoms with E-state index >= 15 is 0 Å². The topological polar surface area (TPSA) is 58.6 Å². The molecule has 0 radical (unpaired) electrons. The Morgan fingerprint density at radius 3 is 2.90 bits per heavy atom. The van der Waals surface area contributed by atoms with E-state index in [1.54, 1.807) is 19.2 Å². The van der Waals surface area contributed by atoms with E-state index in [4.69, 9.17) is 4.74 Å². The smallest absolute Gasteiger partial charge is 0.244 e. The van der Waals surface area contributed by atoms with Gasteiger partial charge in [0, 0.05) is 31.2 Å².